The van der Waals surface area contributed by atoms with Crippen molar-refractivity contribution in [2.24, 2.45) is 5.92 Å². The second-order valence-electron chi connectivity index (χ2n) is 5.98. The van der Waals surface area contributed by atoms with Crippen LogP contribution in [0.4, 0.5) is 0 Å². The Morgan fingerprint density at radius 1 is 1.17 bits per heavy atom. The number of sulfone groups is 1. The smallest absolute Gasteiger partial charge is 0.241 e. The van der Waals surface area contributed by atoms with Crippen molar-refractivity contribution in [1.82, 2.24) is 10.9 Å². The number of carbonyl (C=O) groups excluding carboxylic acids is 2. The molecule has 1 heterocycles. The third-order valence-electron chi connectivity index (χ3n) is 3.76. The number of carbonyl (C=O) groups is 2. The maximum atomic E-state index is 11.7. The molecule has 1 fully saturated rings. The van der Waals surface area contributed by atoms with Crippen LogP contribution < -0.4 is 15.6 Å². The van der Waals surface area contributed by atoms with Crippen LogP contribution in [0, 0.1) is 12.8 Å². The van der Waals surface area contributed by atoms with Crippen LogP contribution in [0.15, 0.2) is 24.3 Å². The van der Waals surface area contributed by atoms with Gasteiger partial charge in [-0.1, -0.05) is 17.7 Å². The molecule has 1 aliphatic heterocycles. The molecule has 1 aromatic carbocycles. The van der Waals surface area contributed by atoms with Crippen LogP contribution in [-0.2, 0) is 19.4 Å². The number of hydrogen-bond donors (Lipinski definition) is 2. The quantitative estimate of drug-likeness (QED) is 0.734. The molecule has 2 rings (SSSR count). The van der Waals surface area contributed by atoms with Crippen LogP contribution >= 0.6 is 0 Å². The number of amides is 2. The van der Waals surface area contributed by atoms with Crippen LogP contribution in [0.5, 0.6) is 5.75 Å². The standard InChI is InChI=1S/C16H22N2O5S/c1-12-2-4-14(5-3-12)23-8-6-15(19)17-18-16(20)10-13-7-9-24(21,22)11-13/h2-5,13H,6-11H2,1H3,(H,17,19)(H,18,20)/t13-/m0/s1. The van der Waals surface area contributed by atoms with Gasteiger partial charge in [-0.25, -0.2) is 8.42 Å². The minimum atomic E-state index is -3.00. The van der Waals surface area contributed by atoms with Crippen molar-refractivity contribution in [1.29, 1.82) is 0 Å². The molecule has 1 atom stereocenters. The maximum absolute atomic E-state index is 11.7. The van der Waals surface area contributed by atoms with Gasteiger partial charge in [-0.2, -0.15) is 0 Å². The summed E-state index contributed by atoms with van der Waals surface area (Å²) in [7, 11) is -3.00. The van der Waals surface area contributed by atoms with E-state index in [1.165, 1.54) is 0 Å². The van der Waals surface area contributed by atoms with Gasteiger partial charge >= 0.3 is 0 Å². The van der Waals surface area contributed by atoms with E-state index in [0.29, 0.717) is 12.2 Å². The predicted molar refractivity (Wildman–Crippen MR) is 89.0 cm³/mol. The predicted octanol–water partition coefficient (Wildman–Crippen LogP) is 0.736. The summed E-state index contributed by atoms with van der Waals surface area (Å²) in [6, 6.07) is 7.48. The second-order valence-corrected chi connectivity index (χ2v) is 8.21. The first-order valence-electron chi connectivity index (χ1n) is 7.81. The average molecular weight is 354 g/mol. The third-order valence-corrected chi connectivity index (χ3v) is 5.60. The van der Waals surface area contributed by atoms with Gasteiger partial charge in [0.2, 0.25) is 11.8 Å². The Morgan fingerprint density at radius 3 is 2.46 bits per heavy atom. The number of nitrogens with one attached hydrogen (secondary N) is 2. The summed E-state index contributed by atoms with van der Waals surface area (Å²) in [5, 5.41) is 0. The summed E-state index contributed by atoms with van der Waals surface area (Å²) in [5.74, 6) is -0.0667. The lowest BCUT2D eigenvalue weighted by Crippen LogP contribution is -2.42. The van der Waals surface area contributed by atoms with E-state index in [0.717, 1.165) is 5.56 Å². The molecule has 8 heteroatoms. The molecule has 0 radical (unpaired) electrons. The van der Waals surface area contributed by atoms with E-state index >= 15 is 0 Å². The Labute approximate surface area is 141 Å². The molecule has 24 heavy (non-hydrogen) atoms. The van der Waals surface area contributed by atoms with Gasteiger partial charge in [0.1, 0.15) is 5.75 Å². The molecule has 0 spiro atoms. The van der Waals surface area contributed by atoms with Crippen LogP contribution in [0.1, 0.15) is 24.8 Å². The van der Waals surface area contributed by atoms with E-state index in [1.807, 2.05) is 31.2 Å². The summed E-state index contributed by atoms with van der Waals surface area (Å²) in [6.07, 6.45) is 0.694. The van der Waals surface area contributed by atoms with E-state index in [4.69, 9.17) is 4.74 Å². The van der Waals surface area contributed by atoms with Gasteiger partial charge in [0.05, 0.1) is 24.5 Å². The SMILES string of the molecule is Cc1ccc(OCCC(=O)NNC(=O)C[C@@H]2CCS(=O)(=O)C2)cc1. The summed E-state index contributed by atoms with van der Waals surface area (Å²) in [4.78, 5) is 23.3. The molecule has 2 N–H and O–H groups in total. The number of hydrogen-bond acceptors (Lipinski definition) is 5. The van der Waals surface area contributed by atoms with Gasteiger partial charge in [0, 0.05) is 6.42 Å². The summed E-state index contributed by atoms with van der Waals surface area (Å²) < 4.78 is 28.1. The molecule has 132 valence electrons. The molecule has 0 unspecified atom stereocenters. The molecule has 7 nitrogen and oxygen atoms in total. The molecule has 0 aliphatic carbocycles. The largest absolute Gasteiger partial charge is 0.493 e. The molecule has 1 saturated heterocycles. The zero-order valence-corrected chi connectivity index (χ0v) is 14.4. The molecule has 1 aromatic rings. The second kappa shape index (κ2) is 8.14. The number of ether oxygens (including phenoxy) is 1. The van der Waals surface area contributed by atoms with Crippen molar-refractivity contribution in [3.8, 4) is 5.75 Å². The van der Waals surface area contributed by atoms with Crippen molar-refractivity contribution in [3.63, 3.8) is 0 Å². The highest BCUT2D eigenvalue weighted by Gasteiger charge is 2.29. The van der Waals surface area contributed by atoms with Crippen LogP contribution in [-0.4, -0.2) is 38.3 Å². The highest BCUT2D eigenvalue weighted by atomic mass is 32.2. The average Bonchev–Trinajstić information content (AvgIpc) is 2.86. The zero-order valence-electron chi connectivity index (χ0n) is 13.6. The van der Waals surface area contributed by atoms with Crippen LogP contribution in [0.3, 0.4) is 0 Å². The van der Waals surface area contributed by atoms with Gasteiger partial charge in [0.15, 0.2) is 9.84 Å². The molecule has 0 bridgehead atoms. The van der Waals surface area contributed by atoms with Crippen LogP contribution in [0.2, 0.25) is 0 Å². The number of hydrazine groups is 1. The summed E-state index contributed by atoms with van der Waals surface area (Å²) in [6.45, 7) is 2.17. The van der Waals surface area contributed by atoms with E-state index in [1.54, 1.807) is 0 Å². The van der Waals surface area contributed by atoms with Crippen molar-refractivity contribution >= 4 is 21.7 Å². The lowest BCUT2D eigenvalue weighted by molar-refractivity contribution is -0.129. The fraction of sp³-hybridized carbons (Fsp3) is 0.500. The van der Waals surface area contributed by atoms with Crippen molar-refractivity contribution in [2.75, 3.05) is 18.1 Å². The van der Waals surface area contributed by atoms with Gasteiger partial charge in [-0.3, -0.25) is 20.4 Å². The minimum absolute atomic E-state index is 0.0404. The highest BCUT2D eigenvalue weighted by Crippen LogP contribution is 2.21. The van der Waals surface area contributed by atoms with E-state index in [2.05, 4.69) is 10.9 Å². The first-order valence-corrected chi connectivity index (χ1v) is 9.64. The van der Waals surface area contributed by atoms with Crippen molar-refractivity contribution in [3.05, 3.63) is 29.8 Å². The normalized spacial score (nSPS) is 18.8. The monoisotopic (exact) mass is 354 g/mol. The molecule has 0 aromatic heterocycles. The molecular formula is C16H22N2O5S. The van der Waals surface area contributed by atoms with Gasteiger partial charge in [-0.15, -0.1) is 0 Å². The van der Waals surface area contributed by atoms with Crippen molar-refractivity contribution < 1.29 is 22.7 Å². The Hall–Kier alpha value is -2.09. The third kappa shape index (κ3) is 6.19. The van der Waals surface area contributed by atoms with E-state index in [-0.39, 0.29) is 48.7 Å². The lowest BCUT2D eigenvalue weighted by Gasteiger charge is -2.10. The van der Waals surface area contributed by atoms with E-state index < -0.39 is 9.84 Å². The Balaban J connectivity index is 1.60. The molecular weight excluding hydrogens is 332 g/mol. The van der Waals surface area contributed by atoms with E-state index in [9.17, 15) is 18.0 Å². The summed E-state index contributed by atoms with van der Waals surface area (Å²) >= 11 is 0. The lowest BCUT2D eigenvalue weighted by atomic mass is 10.1. The number of benzene rings is 1. The first kappa shape index (κ1) is 18.3. The maximum Gasteiger partial charge on any atom is 0.241 e. The van der Waals surface area contributed by atoms with Gasteiger partial charge in [-0.05, 0) is 31.4 Å². The highest BCUT2D eigenvalue weighted by molar-refractivity contribution is 7.91. The Kier molecular flexibility index (Phi) is 6.19. The number of aryl methyl sites for hydroxylation is 1. The summed E-state index contributed by atoms with van der Waals surface area (Å²) in [5.41, 5.74) is 5.73. The number of rotatable bonds is 6. The van der Waals surface area contributed by atoms with Gasteiger partial charge in [0.25, 0.3) is 0 Å². The minimum Gasteiger partial charge on any atom is -0.493 e. The van der Waals surface area contributed by atoms with Crippen LogP contribution in [0.25, 0.3) is 0 Å². The molecule has 1 aliphatic rings. The van der Waals surface area contributed by atoms with Gasteiger partial charge < -0.3 is 4.74 Å². The first-order chi connectivity index (χ1) is 11.3. The van der Waals surface area contributed by atoms with Crippen molar-refractivity contribution in [2.45, 2.75) is 26.2 Å². The fourth-order valence-corrected chi connectivity index (χ4v) is 4.31. The zero-order chi connectivity index (χ0) is 17.6. The topological polar surface area (TPSA) is 102 Å². The molecule has 2 amide bonds. The molecule has 0 saturated carbocycles. The Bertz CT molecular complexity index is 685. The Morgan fingerprint density at radius 2 is 1.83 bits per heavy atom. The fourth-order valence-electron chi connectivity index (χ4n) is 2.44.